The minimum atomic E-state index is -0.559. The van der Waals surface area contributed by atoms with Crippen molar-refractivity contribution in [2.75, 3.05) is 13.7 Å². The molecule has 39 heavy (non-hydrogen) atoms. The Morgan fingerprint density at radius 3 is 2.05 bits per heavy atom. The minimum absolute atomic E-state index is 0.0143. The van der Waals surface area contributed by atoms with Crippen LogP contribution in [0.15, 0.2) is 114 Å². The third-order valence-corrected chi connectivity index (χ3v) is 5.85. The lowest BCUT2D eigenvalue weighted by Crippen LogP contribution is -2.14. The van der Waals surface area contributed by atoms with E-state index in [4.69, 9.17) is 14.3 Å². The smallest absolute Gasteiger partial charge is 0.307 e. The SMILES string of the molecule is COC(=O)CC(C#N)c1ccc(OCc2ccc(OC/C(=N\Oc3ccccc3)c3ccccc3)cc2)cc1. The van der Waals surface area contributed by atoms with Crippen LogP contribution < -0.4 is 14.3 Å². The Morgan fingerprint density at radius 1 is 0.795 bits per heavy atom. The number of para-hydroxylation sites is 1. The maximum atomic E-state index is 11.5. The highest BCUT2D eigenvalue weighted by Gasteiger charge is 2.16. The van der Waals surface area contributed by atoms with E-state index in [-0.39, 0.29) is 13.0 Å². The summed E-state index contributed by atoms with van der Waals surface area (Å²) in [5.74, 6) is 1.03. The molecular weight excluding hydrogens is 492 g/mol. The maximum absolute atomic E-state index is 11.5. The molecule has 0 saturated heterocycles. The van der Waals surface area contributed by atoms with Crippen molar-refractivity contribution in [3.05, 3.63) is 126 Å². The predicted octanol–water partition coefficient (Wildman–Crippen LogP) is 6.30. The van der Waals surface area contributed by atoms with E-state index < -0.39 is 11.9 Å². The number of rotatable bonds is 12. The van der Waals surface area contributed by atoms with E-state index in [0.29, 0.717) is 29.6 Å². The highest BCUT2D eigenvalue weighted by molar-refractivity contribution is 6.01. The zero-order chi connectivity index (χ0) is 27.3. The number of hydrogen-bond acceptors (Lipinski definition) is 7. The number of ether oxygens (including phenoxy) is 3. The molecule has 1 unspecified atom stereocenters. The minimum Gasteiger partial charge on any atom is -0.489 e. The number of carbonyl (C=O) groups excluding carboxylic acids is 1. The van der Waals surface area contributed by atoms with E-state index in [1.54, 1.807) is 24.3 Å². The molecule has 0 aliphatic heterocycles. The van der Waals surface area contributed by atoms with Gasteiger partial charge in [-0.1, -0.05) is 78.0 Å². The van der Waals surface area contributed by atoms with Crippen molar-refractivity contribution < 1.29 is 23.8 Å². The Kier molecular flexibility index (Phi) is 9.68. The van der Waals surface area contributed by atoms with E-state index >= 15 is 0 Å². The van der Waals surface area contributed by atoms with E-state index in [1.165, 1.54) is 7.11 Å². The molecule has 0 amide bonds. The van der Waals surface area contributed by atoms with Crippen molar-refractivity contribution in [3.63, 3.8) is 0 Å². The first-order valence-electron chi connectivity index (χ1n) is 12.4. The van der Waals surface area contributed by atoms with Crippen LogP contribution in [0.25, 0.3) is 0 Å². The predicted molar refractivity (Wildman–Crippen MR) is 148 cm³/mol. The lowest BCUT2D eigenvalue weighted by atomic mass is 9.97. The molecule has 0 aromatic heterocycles. The molecule has 4 aromatic carbocycles. The molecule has 7 heteroatoms. The van der Waals surface area contributed by atoms with Gasteiger partial charge in [0, 0.05) is 5.56 Å². The Morgan fingerprint density at radius 2 is 1.41 bits per heavy atom. The molecule has 0 aliphatic carbocycles. The summed E-state index contributed by atoms with van der Waals surface area (Å²) in [7, 11) is 1.31. The molecule has 196 valence electrons. The van der Waals surface area contributed by atoms with Crippen LogP contribution in [0.5, 0.6) is 17.2 Å². The van der Waals surface area contributed by atoms with Gasteiger partial charge in [0.2, 0.25) is 0 Å². The highest BCUT2D eigenvalue weighted by atomic mass is 16.6. The van der Waals surface area contributed by atoms with Crippen LogP contribution in [0.4, 0.5) is 0 Å². The lowest BCUT2D eigenvalue weighted by Gasteiger charge is -2.11. The van der Waals surface area contributed by atoms with Gasteiger partial charge in [-0.05, 0) is 47.5 Å². The van der Waals surface area contributed by atoms with Crippen LogP contribution in [-0.2, 0) is 16.1 Å². The van der Waals surface area contributed by atoms with Crippen LogP contribution in [0.3, 0.4) is 0 Å². The van der Waals surface area contributed by atoms with Gasteiger partial charge in [0.05, 0.1) is 25.5 Å². The molecule has 1 atom stereocenters. The van der Waals surface area contributed by atoms with Crippen molar-refractivity contribution in [1.82, 2.24) is 0 Å². The van der Waals surface area contributed by atoms with Crippen LogP contribution in [-0.4, -0.2) is 25.4 Å². The molecular formula is C32H28N2O5. The monoisotopic (exact) mass is 520 g/mol. The molecule has 0 radical (unpaired) electrons. The van der Waals surface area contributed by atoms with Gasteiger partial charge in [0.25, 0.3) is 0 Å². The molecule has 0 heterocycles. The summed E-state index contributed by atoms with van der Waals surface area (Å²) in [4.78, 5) is 17.1. The third kappa shape index (κ3) is 8.20. The summed E-state index contributed by atoms with van der Waals surface area (Å²) >= 11 is 0. The molecule has 0 saturated carbocycles. The van der Waals surface area contributed by atoms with Crippen molar-refractivity contribution in [1.29, 1.82) is 5.26 Å². The molecule has 0 fully saturated rings. The fraction of sp³-hybridized carbons (Fsp3) is 0.156. The molecule has 4 rings (SSSR count). The molecule has 0 bridgehead atoms. The van der Waals surface area contributed by atoms with E-state index in [2.05, 4.69) is 16.0 Å². The number of carbonyl (C=O) groups is 1. The Labute approximate surface area is 227 Å². The number of nitrogens with zero attached hydrogens (tertiary/aromatic N) is 2. The second-order valence-electron chi connectivity index (χ2n) is 8.56. The van der Waals surface area contributed by atoms with Crippen molar-refractivity contribution >= 4 is 11.7 Å². The molecule has 4 aromatic rings. The van der Waals surface area contributed by atoms with Gasteiger partial charge in [-0.25, -0.2) is 0 Å². The second kappa shape index (κ2) is 14.0. The molecule has 0 N–H and O–H groups in total. The second-order valence-corrected chi connectivity index (χ2v) is 8.56. The fourth-order valence-corrected chi connectivity index (χ4v) is 3.67. The van der Waals surface area contributed by atoms with Gasteiger partial charge < -0.3 is 19.0 Å². The quantitative estimate of drug-likeness (QED) is 0.124. The zero-order valence-corrected chi connectivity index (χ0v) is 21.5. The highest BCUT2D eigenvalue weighted by Crippen LogP contribution is 2.23. The summed E-state index contributed by atoms with van der Waals surface area (Å²) in [6, 6.07) is 36.1. The topological polar surface area (TPSA) is 90.1 Å². The number of nitriles is 1. The Bertz CT molecular complexity index is 1400. The summed E-state index contributed by atoms with van der Waals surface area (Å²) in [5.41, 5.74) is 3.29. The summed E-state index contributed by atoms with van der Waals surface area (Å²) in [6.45, 7) is 0.601. The van der Waals surface area contributed by atoms with Gasteiger partial charge in [0.15, 0.2) is 5.75 Å². The summed E-state index contributed by atoms with van der Waals surface area (Å²) in [6.07, 6.45) is 0.0143. The molecule has 0 spiro atoms. The average Bonchev–Trinajstić information content (AvgIpc) is 3.00. The first-order valence-corrected chi connectivity index (χ1v) is 12.4. The van der Waals surface area contributed by atoms with Gasteiger partial charge in [-0.2, -0.15) is 5.26 Å². The zero-order valence-electron chi connectivity index (χ0n) is 21.5. The van der Waals surface area contributed by atoms with E-state index in [1.807, 2.05) is 84.9 Å². The van der Waals surface area contributed by atoms with Crippen molar-refractivity contribution in [2.45, 2.75) is 18.9 Å². The first-order chi connectivity index (χ1) is 19.1. The van der Waals surface area contributed by atoms with Gasteiger partial charge in [0.1, 0.15) is 30.4 Å². The first kappa shape index (κ1) is 27.0. The summed E-state index contributed by atoms with van der Waals surface area (Å²) < 4.78 is 16.5. The number of oxime groups is 1. The average molecular weight is 521 g/mol. The van der Waals surface area contributed by atoms with E-state index in [9.17, 15) is 10.1 Å². The maximum Gasteiger partial charge on any atom is 0.307 e. The van der Waals surface area contributed by atoms with Crippen molar-refractivity contribution in [3.8, 4) is 23.3 Å². The largest absolute Gasteiger partial charge is 0.489 e. The van der Waals surface area contributed by atoms with Crippen molar-refractivity contribution in [2.24, 2.45) is 5.16 Å². The third-order valence-electron chi connectivity index (χ3n) is 5.85. The Hall–Kier alpha value is -5.09. The number of methoxy groups -OCH3 is 1. The van der Waals surface area contributed by atoms with Crippen LogP contribution in [0.2, 0.25) is 0 Å². The van der Waals surface area contributed by atoms with Crippen LogP contribution in [0, 0.1) is 11.3 Å². The number of benzene rings is 4. The van der Waals surface area contributed by atoms with Gasteiger partial charge in [-0.15, -0.1) is 0 Å². The van der Waals surface area contributed by atoms with Gasteiger partial charge >= 0.3 is 5.97 Å². The molecule has 7 nitrogen and oxygen atoms in total. The van der Waals surface area contributed by atoms with Crippen LogP contribution >= 0.6 is 0 Å². The number of esters is 1. The number of hydrogen-bond donors (Lipinski definition) is 0. The Balaban J connectivity index is 1.32. The fourth-order valence-electron chi connectivity index (χ4n) is 3.67. The summed E-state index contributed by atoms with van der Waals surface area (Å²) in [5, 5.41) is 13.7. The van der Waals surface area contributed by atoms with Gasteiger partial charge in [-0.3, -0.25) is 4.79 Å². The molecule has 0 aliphatic rings. The normalized spacial score (nSPS) is 11.6. The van der Waals surface area contributed by atoms with E-state index in [0.717, 1.165) is 16.7 Å². The lowest BCUT2D eigenvalue weighted by molar-refractivity contribution is -0.140. The standard InChI is InChI=1S/C32H28N2O5/c1-36-32(35)20-27(21-33)25-14-18-29(19-15-25)37-22-24-12-16-28(17-13-24)38-23-31(26-8-4-2-5-9-26)34-39-30-10-6-3-7-11-30/h2-19,27H,20,22-23H2,1H3/b34-31+. The van der Waals surface area contributed by atoms with Crippen LogP contribution in [0.1, 0.15) is 29.0 Å².